The summed E-state index contributed by atoms with van der Waals surface area (Å²) in [5.74, 6) is 0. The summed E-state index contributed by atoms with van der Waals surface area (Å²) in [7, 11) is 0. The van der Waals surface area contributed by atoms with E-state index in [1.165, 1.54) is 0 Å². The summed E-state index contributed by atoms with van der Waals surface area (Å²) in [4.78, 5) is 56.8. The van der Waals surface area contributed by atoms with Gasteiger partial charge in [-0.05, 0) is 111 Å². The zero-order valence-electron chi connectivity index (χ0n) is 34.9. The fourth-order valence-electron chi connectivity index (χ4n) is 6.32. The lowest BCUT2D eigenvalue weighted by Crippen LogP contribution is -2.47. The van der Waals surface area contributed by atoms with E-state index in [4.69, 9.17) is 19.9 Å². The summed E-state index contributed by atoms with van der Waals surface area (Å²) < 4.78 is 17.3. The molecule has 3 heterocycles. The summed E-state index contributed by atoms with van der Waals surface area (Å²) in [5, 5.41) is 0. The third-order valence-corrected chi connectivity index (χ3v) is 8.99. The lowest BCUT2D eigenvalue weighted by Gasteiger charge is -2.34. The number of carbonyl (C=O) groups excluding carboxylic acids is 3. The van der Waals surface area contributed by atoms with Crippen molar-refractivity contribution in [1.29, 1.82) is 0 Å². The van der Waals surface area contributed by atoms with E-state index in [-0.39, 0.29) is 13.1 Å². The molecule has 306 valence electrons. The lowest BCUT2D eigenvalue weighted by molar-refractivity contribution is 0.0101. The van der Waals surface area contributed by atoms with Gasteiger partial charge in [0.2, 0.25) is 0 Å². The SMILES string of the molecule is CC(C)(C)OC(=O)N1CCCN(C(=O)OC(C)(C)C)CCN(C(=O)OC(C)(C)C)CCCN(Cc2ccc(C(N)(c3ccccn3)c3ccccn3)cc2)CC1. The van der Waals surface area contributed by atoms with Crippen LogP contribution >= 0.6 is 0 Å². The first kappa shape index (κ1) is 44.0. The third-order valence-electron chi connectivity index (χ3n) is 8.99. The smallest absolute Gasteiger partial charge is 0.410 e. The van der Waals surface area contributed by atoms with Gasteiger partial charge in [0.15, 0.2) is 0 Å². The number of aromatic nitrogens is 2. The van der Waals surface area contributed by atoms with Crippen molar-refractivity contribution < 1.29 is 28.6 Å². The molecule has 0 bridgehead atoms. The second-order valence-electron chi connectivity index (χ2n) is 17.3. The van der Waals surface area contributed by atoms with E-state index in [0.717, 1.165) is 11.1 Å². The summed E-state index contributed by atoms with van der Waals surface area (Å²) in [6.07, 6.45) is 3.27. The molecule has 1 aliphatic heterocycles. The Morgan fingerprint density at radius 2 is 0.946 bits per heavy atom. The molecule has 2 aromatic heterocycles. The maximum atomic E-state index is 13.5. The van der Waals surface area contributed by atoms with Gasteiger partial charge in [-0.1, -0.05) is 36.4 Å². The van der Waals surface area contributed by atoms with Gasteiger partial charge in [0.05, 0.1) is 11.4 Å². The maximum absolute atomic E-state index is 13.5. The topological polar surface area (TPSA) is 144 Å². The van der Waals surface area contributed by atoms with Gasteiger partial charge in [0.25, 0.3) is 0 Å². The highest BCUT2D eigenvalue weighted by Gasteiger charge is 2.35. The van der Waals surface area contributed by atoms with E-state index in [0.29, 0.717) is 70.0 Å². The van der Waals surface area contributed by atoms with Crippen molar-refractivity contribution in [3.63, 3.8) is 0 Å². The Kier molecular flexibility index (Phi) is 14.9. The number of ether oxygens (including phenoxy) is 3. The highest BCUT2D eigenvalue weighted by atomic mass is 16.6. The molecule has 0 unspecified atom stereocenters. The van der Waals surface area contributed by atoms with E-state index < -0.39 is 40.6 Å². The molecule has 4 rings (SSSR count). The summed E-state index contributed by atoms with van der Waals surface area (Å²) in [6, 6.07) is 19.6. The van der Waals surface area contributed by atoms with E-state index in [9.17, 15) is 14.4 Å². The molecule has 56 heavy (non-hydrogen) atoms. The van der Waals surface area contributed by atoms with Crippen LogP contribution in [-0.4, -0.2) is 117 Å². The first-order chi connectivity index (χ1) is 26.2. The highest BCUT2D eigenvalue weighted by molar-refractivity contribution is 5.70. The minimum atomic E-state index is -1.07. The second kappa shape index (κ2) is 18.9. The van der Waals surface area contributed by atoms with Crippen molar-refractivity contribution in [2.75, 3.05) is 52.4 Å². The second-order valence-corrected chi connectivity index (χ2v) is 17.3. The van der Waals surface area contributed by atoms with Crippen LogP contribution in [0.2, 0.25) is 0 Å². The molecule has 1 saturated heterocycles. The Morgan fingerprint density at radius 3 is 1.32 bits per heavy atom. The van der Waals surface area contributed by atoms with E-state index in [1.807, 2.05) is 111 Å². The molecule has 0 atom stereocenters. The molecule has 0 saturated carbocycles. The highest BCUT2D eigenvalue weighted by Crippen LogP contribution is 2.32. The van der Waals surface area contributed by atoms with Gasteiger partial charge >= 0.3 is 18.3 Å². The predicted octanol–water partition coefficient (Wildman–Crippen LogP) is 7.03. The van der Waals surface area contributed by atoms with Crippen LogP contribution in [-0.2, 0) is 26.3 Å². The molecule has 1 aromatic carbocycles. The van der Waals surface area contributed by atoms with Crippen molar-refractivity contribution >= 4 is 18.3 Å². The van der Waals surface area contributed by atoms with Gasteiger partial charge in [-0.2, -0.15) is 0 Å². The van der Waals surface area contributed by atoms with Crippen molar-refractivity contribution in [2.24, 2.45) is 5.73 Å². The molecule has 13 nitrogen and oxygen atoms in total. The fourth-order valence-corrected chi connectivity index (χ4v) is 6.32. The first-order valence-corrected chi connectivity index (χ1v) is 19.6. The Labute approximate surface area is 333 Å². The van der Waals surface area contributed by atoms with Crippen LogP contribution in [0.1, 0.15) is 97.7 Å². The molecule has 1 fully saturated rings. The van der Waals surface area contributed by atoms with Crippen molar-refractivity contribution in [3.8, 4) is 0 Å². The molecule has 0 radical (unpaired) electrons. The third kappa shape index (κ3) is 13.5. The fraction of sp³-hybridized carbons (Fsp3) is 0.558. The van der Waals surface area contributed by atoms with E-state index in [2.05, 4.69) is 27.0 Å². The zero-order valence-corrected chi connectivity index (χ0v) is 34.9. The van der Waals surface area contributed by atoms with Gasteiger partial charge in [0, 0.05) is 71.3 Å². The van der Waals surface area contributed by atoms with Crippen LogP contribution in [0.3, 0.4) is 0 Å². The molecular formula is C43H63N7O6. The molecule has 3 aromatic rings. The number of carbonyl (C=O) groups is 3. The first-order valence-electron chi connectivity index (χ1n) is 19.6. The number of nitrogens with zero attached hydrogens (tertiary/aromatic N) is 6. The lowest BCUT2D eigenvalue weighted by atomic mass is 9.83. The minimum absolute atomic E-state index is 0.246. The Morgan fingerprint density at radius 1 is 0.554 bits per heavy atom. The average Bonchev–Trinajstić information content (AvgIpc) is 3.11. The molecular weight excluding hydrogens is 711 g/mol. The van der Waals surface area contributed by atoms with Crippen LogP contribution in [0.4, 0.5) is 14.4 Å². The van der Waals surface area contributed by atoms with Crippen molar-refractivity contribution in [3.05, 3.63) is 95.6 Å². The maximum Gasteiger partial charge on any atom is 0.410 e. The number of nitrogens with two attached hydrogens (primary N) is 1. The number of hydrogen-bond acceptors (Lipinski definition) is 10. The standard InChI is InChI=1S/C43H63N7O6/c1-40(2,3)54-37(51)48-26-15-27-50(39(53)56-42(7,8)9)31-30-49(38(52)55-41(4,5)6)25-14-24-47(28-29-48)32-33-18-20-34(21-19-33)43(44,35-16-10-12-22-45-35)36-17-11-13-23-46-36/h10-13,16-23H,14-15,24-32,44H2,1-9H3. The van der Waals surface area contributed by atoms with Gasteiger partial charge in [-0.3, -0.25) is 14.9 Å². The van der Waals surface area contributed by atoms with E-state index >= 15 is 0 Å². The minimum Gasteiger partial charge on any atom is -0.444 e. The van der Waals surface area contributed by atoms with Crippen LogP contribution in [0.5, 0.6) is 0 Å². The summed E-state index contributed by atoms with van der Waals surface area (Å²) >= 11 is 0. The number of amides is 3. The Balaban J connectivity index is 1.61. The Hall–Kier alpha value is -4.75. The molecule has 1 aliphatic rings. The number of pyridine rings is 2. The normalized spacial score (nSPS) is 16.1. The molecule has 13 heteroatoms. The molecule has 2 N–H and O–H groups in total. The zero-order chi connectivity index (χ0) is 41.1. The van der Waals surface area contributed by atoms with Crippen LogP contribution < -0.4 is 5.73 Å². The molecule has 0 aliphatic carbocycles. The average molecular weight is 774 g/mol. The van der Waals surface area contributed by atoms with Gasteiger partial charge in [0.1, 0.15) is 22.3 Å². The van der Waals surface area contributed by atoms with E-state index in [1.54, 1.807) is 27.1 Å². The summed E-state index contributed by atoms with van der Waals surface area (Å²) in [6.45, 7) is 20.3. The van der Waals surface area contributed by atoms with Crippen molar-refractivity contribution in [1.82, 2.24) is 29.6 Å². The Bertz CT molecular complexity index is 1660. The summed E-state index contributed by atoms with van der Waals surface area (Å²) in [5.41, 5.74) is 7.34. The number of hydrogen-bond donors (Lipinski definition) is 1. The van der Waals surface area contributed by atoms with Gasteiger partial charge < -0.3 is 34.6 Å². The van der Waals surface area contributed by atoms with Crippen LogP contribution in [0.15, 0.2) is 73.1 Å². The number of benzene rings is 1. The quantitative estimate of drug-likeness (QED) is 0.269. The van der Waals surface area contributed by atoms with Gasteiger partial charge in [-0.25, -0.2) is 14.4 Å². The predicted molar refractivity (Wildman–Crippen MR) is 217 cm³/mol. The molecule has 0 spiro atoms. The van der Waals surface area contributed by atoms with Crippen molar-refractivity contribution in [2.45, 2.75) is 104 Å². The van der Waals surface area contributed by atoms with Gasteiger partial charge in [-0.15, -0.1) is 0 Å². The molecule has 3 amide bonds. The monoisotopic (exact) mass is 773 g/mol. The van der Waals surface area contributed by atoms with Crippen LogP contribution in [0.25, 0.3) is 0 Å². The number of rotatable bonds is 5. The van der Waals surface area contributed by atoms with Crippen LogP contribution in [0, 0.1) is 0 Å². The largest absolute Gasteiger partial charge is 0.444 e.